The molecule has 1 N–H and O–H groups in total. The van der Waals surface area contributed by atoms with Crippen LogP contribution in [0.1, 0.15) is 6.42 Å². The van der Waals surface area contributed by atoms with Crippen molar-refractivity contribution in [3.05, 3.63) is 23.2 Å². The number of anilines is 1. The Hall–Kier alpha value is -0.930. The fourth-order valence-electron chi connectivity index (χ4n) is 1.54. The molecule has 0 saturated carbocycles. The molecule has 0 aromatic heterocycles. The number of halogens is 1. The summed E-state index contributed by atoms with van der Waals surface area (Å²) in [5.41, 5.74) is 1.04. The van der Waals surface area contributed by atoms with E-state index in [1.807, 2.05) is 32.3 Å². The molecular formula is C12H19ClN2O. The summed E-state index contributed by atoms with van der Waals surface area (Å²) >= 11 is 6.18. The zero-order valence-corrected chi connectivity index (χ0v) is 10.8. The van der Waals surface area contributed by atoms with Gasteiger partial charge in [-0.1, -0.05) is 11.6 Å². The van der Waals surface area contributed by atoms with Crippen LogP contribution in [0.2, 0.25) is 5.02 Å². The third-order valence-electron chi connectivity index (χ3n) is 2.49. The third kappa shape index (κ3) is 3.58. The average molecular weight is 243 g/mol. The van der Waals surface area contributed by atoms with Gasteiger partial charge in [-0.3, -0.25) is 0 Å². The summed E-state index contributed by atoms with van der Waals surface area (Å²) < 4.78 is 5.12. The lowest BCUT2D eigenvalue weighted by Crippen LogP contribution is -2.22. The fraction of sp³-hybridized carbons (Fsp3) is 0.500. The van der Waals surface area contributed by atoms with Gasteiger partial charge in [0, 0.05) is 19.7 Å². The summed E-state index contributed by atoms with van der Waals surface area (Å²) in [4.78, 5) is 2.15. The minimum Gasteiger partial charge on any atom is -0.497 e. The summed E-state index contributed by atoms with van der Waals surface area (Å²) in [5.74, 6) is 0.789. The van der Waals surface area contributed by atoms with Crippen molar-refractivity contribution in [2.24, 2.45) is 0 Å². The first-order chi connectivity index (χ1) is 7.69. The van der Waals surface area contributed by atoms with Gasteiger partial charge in [-0.25, -0.2) is 0 Å². The lowest BCUT2D eigenvalue weighted by molar-refractivity contribution is 0.415. The molecule has 0 aliphatic carbocycles. The van der Waals surface area contributed by atoms with Gasteiger partial charge in [0.05, 0.1) is 17.8 Å². The quantitative estimate of drug-likeness (QED) is 0.776. The van der Waals surface area contributed by atoms with Gasteiger partial charge >= 0.3 is 0 Å². The smallest absolute Gasteiger partial charge is 0.120 e. The minimum atomic E-state index is 0.728. The molecule has 16 heavy (non-hydrogen) atoms. The van der Waals surface area contributed by atoms with E-state index in [1.165, 1.54) is 0 Å². The highest BCUT2D eigenvalue weighted by Gasteiger charge is 2.06. The first-order valence-corrected chi connectivity index (χ1v) is 5.76. The van der Waals surface area contributed by atoms with E-state index in [-0.39, 0.29) is 0 Å². The summed E-state index contributed by atoms with van der Waals surface area (Å²) in [5, 5.41) is 3.86. The Morgan fingerprint density at radius 1 is 1.44 bits per heavy atom. The van der Waals surface area contributed by atoms with Crippen molar-refractivity contribution in [1.82, 2.24) is 5.32 Å². The SMILES string of the molecule is CNCCCN(C)c1ccc(OC)cc1Cl. The molecule has 0 saturated heterocycles. The molecule has 1 rings (SSSR count). The standard InChI is InChI=1S/C12H19ClN2O/c1-14-7-4-8-15(2)12-6-5-10(16-3)9-11(12)13/h5-6,9,14H,4,7-8H2,1-3H3. The van der Waals surface area contributed by atoms with Gasteiger partial charge in [-0.15, -0.1) is 0 Å². The van der Waals surface area contributed by atoms with E-state index in [1.54, 1.807) is 7.11 Å². The first-order valence-electron chi connectivity index (χ1n) is 5.38. The van der Waals surface area contributed by atoms with Gasteiger partial charge in [0.25, 0.3) is 0 Å². The second kappa shape index (κ2) is 6.61. The number of rotatable bonds is 6. The van der Waals surface area contributed by atoms with Gasteiger partial charge < -0.3 is 15.0 Å². The van der Waals surface area contributed by atoms with Gasteiger partial charge in [-0.2, -0.15) is 0 Å². The molecule has 0 heterocycles. The van der Waals surface area contributed by atoms with Gasteiger partial charge in [0.1, 0.15) is 5.75 Å². The van der Waals surface area contributed by atoms with Crippen LogP contribution >= 0.6 is 11.6 Å². The van der Waals surface area contributed by atoms with Gasteiger partial charge in [0.2, 0.25) is 0 Å². The summed E-state index contributed by atoms with van der Waals surface area (Å²) in [6, 6.07) is 5.75. The maximum absolute atomic E-state index is 6.18. The van der Waals surface area contributed by atoms with Crippen LogP contribution in [0, 0.1) is 0 Å². The summed E-state index contributed by atoms with van der Waals surface area (Å²) in [7, 11) is 5.64. The van der Waals surface area contributed by atoms with E-state index < -0.39 is 0 Å². The third-order valence-corrected chi connectivity index (χ3v) is 2.79. The van der Waals surface area contributed by atoms with Crippen LogP contribution in [-0.4, -0.2) is 34.3 Å². The number of nitrogens with zero attached hydrogens (tertiary/aromatic N) is 1. The minimum absolute atomic E-state index is 0.728. The Morgan fingerprint density at radius 3 is 2.75 bits per heavy atom. The molecule has 0 spiro atoms. The number of hydrogen-bond donors (Lipinski definition) is 1. The van der Waals surface area contributed by atoms with Crippen LogP contribution in [0.5, 0.6) is 5.75 Å². The average Bonchev–Trinajstić information content (AvgIpc) is 2.29. The largest absolute Gasteiger partial charge is 0.497 e. The Morgan fingerprint density at radius 2 is 2.19 bits per heavy atom. The predicted molar refractivity (Wildman–Crippen MR) is 69.8 cm³/mol. The van der Waals surface area contributed by atoms with Crippen molar-refractivity contribution in [3.8, 4) is 5.75 Å². The van der Waals surface area contributed by atoms with Crippen molar-refractivity contribution in [1.29, 1.82) is 0 Å². The maximum atomic E-state index is 6.18. The zero-order valence-electron chi connectivity index (χ0n) is 10.1. The molecule has 0 fully saturated rings. The van der Waals surface area contributed by atoms with E-state index in [0.29, 0.717) is 0 Å². The molecular weight excluding hydrogens is 224 g/mol. The van der Waals surface area contributed by atoms with Crippen molar-refractivity contribution in [2.75, 3.05) is 39.2 Å². The summed E-state index contributed by atoms with van der Waals surface area (Å²) in [6.07, 6.45) is 1.09. The summed E-state index contributed by atoms with van der Waals surface area (Å²) in [6.45, 7) is 1.99. The lowest BCUT2D eigenvalue weighted by atomic mass is 10.2. The first kappa shape index (κ1) is 13.1. The Balaban J connectivity index is 2.64. The van der Waals surface area contributed by atoms with Crippen molar-refractivity contribution < 1.29 is 4.74 Å². The number of ether oxygens (including phenoxy) is 1. The van der Waals surface area contributed by atoms with Crippen LogP contribution in [0.25, 0.3) is 0 Å². The molecule has 3 nitrogen and oxygen atoms in total. The Kier molecular flexibility index (Phi) is 5.43. The van der Waals surface area contributed by atoms with E-state index in [4.69, 9.17) is 16.3 Å². The highest BCUT2D eigenvalue weighted by molar-refractivity contribution is 6.33. The molecule has 1 aromatic rings. The van der Waals surface area contributed by atoms with Gasteiger partial charge in [0.15, 0.2) is 0 Å². The second-order valence-electron chi connectivity index (χ2n) is 3.70. The van der Waals surface area contributed by atoms with E-state index in [2.05, 4.69) is 10.2 Å². The molecule has 1 aromatic carbocycles. The van der Waals surface area contributed by atoms with Crippen LogP contribution in [0.4, 0.5) is 5.69 Å². The molecule has 0 unspecified atom stereocenters. The van der Waals surface area contributed by atoms with E-state index >= 15 is 0 Å². The van der Waals surface area contributed by atoms with Crippen molar-refractivity contribution in [3.63, 3.8) is 0 Å². The van der Waals surface area contributed by atoms with Crippen LogP contribution in [0.15, 0.2) is 18.2 Å². The number of hydrogen-bond acceptors (Lipinski definition) is 3. The molecule has 0 amide bonds. The number of methoxy groups -OCH3 is 1. The Bertz CT molecular complexity index is 331. The molecule has 0 bridgehead atoms. The highest BCUT2D eigenvalue weighted by Crippen LogP contribution is 2.28. The number of nitrogens with one attached hydrogen (secondary N) is 1. The van der Waals surface area contributed by atoms with Crippen LogP contribution in [0.3, 0.4) is 0 Å². The molecule has 0 atom stereocenters. The monoisotopic (exact) mass is 242 g/mol. The van der Waals surface area contributed by atoms with Crippen molar-refractivity contribution >= 4 is 17.3 Å². The van der Waals surface area contributed by atoms with E-state index in [9.17, 15) is 0 Å². The Labute approximate surface area is 102 Å². The topological polar surface area (TPSA) is 24.5 Å². The second-order valence-corrected chi connectivity index (χ2v) is 4.10. The molecule has 90 valence electrons. The molecule has 4 heteroatoms. The maximum Gasteiger partial charge on any atom is 0.120 e. The molecule has 0 aliphatic rings. The van der Waals surface area contributed by atoms with Crippen LogP contribution in [-0.2, 0) is 0 Å². The fourth-order valence-corrected chi connectivity index (χ4v) is 1.85. The highest BCUT2D eigenvalue weighted by atomic mass is 35.5. The molecule has 0 radical (unpaired) electrons. The van der Waals surface area contributed by atoms with E-state index in [0.717, 1.165) is 36.0 Å². The van der Waals surface area contributed by atoms with Gasteiger partial charge in [-0.05, 0) is 32.1 Å². The normalized spacial score (nSPS) is 10.2. The lowest BCUT2D eigenvalue weighted by Gasteiger charge is -2.20. The number of benzene rings is 1. The van der Waals surface area contributed by atoms with Crippen molar-refractivity contribution in [2.45, 2.75) is 6.42 Å². The van der Waals surface area contributed by atoms with Crippen LogP contribution < -0.4 is 15.0 Å². The zero-order chi connectivity index (χ0) is 12.0. The molecule has 0 aliphatic heterocycles. The predicted octanol–water partition coefficient (Wildman–Crippen LogP) is 2.39.